The zero-order valence-electron chi connectivity index (χ0n) is 18.1. The Balaban J connectivity index is 1.54. The fraction of sp³-hybridized carbons (Fsp3) is 0.696. The number of morpholine rings is 1. The van der Waals surface area contributed by atoms with Crippen molar-refractivity contribution in [2.24, 2.45) is 17.6 Å². The van der Waals surface area contributed by atoms with Crippen molar-refractivity contribution in [1.29, 1.82) is 0 Å². The van der Waals surface area contributed by atoms with Gasteiger partial charge in [-0.3, -0.25) is 9.69 Å². The maximum atomic E-state index is 11.9. The number of carbonyl (C=O) groups is 1. The van der Waals surface area contributed by atoms with E-state index in [1.54, 1.807) is 0 Å². The lowest BCUT2D eigenvalue weighted by molar-refractivity contribution is -0.145. The van der Waals surface area contributed by atoms with Gasteiger partial charge >= 0.3 is 5.97 Å². The Bertz CT molecular complexity index is 571. The van der Waals surface area contributed by atoms with Crippen LogP contribution in [0.4, 0.5) is 0 Å². The van der Waals surface area contributed by atoms with E-state index in [0.717, 1.165) is 57.9 Å². The molecule has 2 N–H and O–H groups in total. The molecule has 1 unspecified atom stereocenters. The molecule has 1 aromatic rings. The molecule has 1 aromatic carbocycles. The topological polar surface area (TPSA) is 74.0 Å². The lowest BCUT2D eigenvalue weighted by Gasteiger charge is -2.26. The van der Waals surface area contributed by atoms with Crippen LogP contribution in [-0.2, 0) is 20.8 Å². The zero-order valence-corrected chi connectivity index (χ0v) is 18.1. The fourth-order valence-electron chi connectivity index (χ4n) is 3.51. The van der Waals surface area contributed by atoms with Crippen LogP contribution in [0.1, 0.15) is 45.1 Å². The third-order valence-corrected chi connectivity index (χ3v) is 5.10. The molecule has 0 aromatic heterocycles. The Kier molecular flexibility index (Phi) is 11.1. The highest BCUT2D eigenvalue weighted by molar-refractivity contribution is 5.69. The summed E-state index contributed by atoms with van der Waals surface area (Å²) >= 11 is 0. The highest BCUT2D eigenvalue weighted by Crippen LogP contribution is 2.16. The van der Waals surface area contributed by atoms with Crippen LogP contribution < -0.4 is 10.5 Å². The van der Waals surface area contributed by atoms with Crippen molar-refractivity contribution in [2.45, 2.75) is 46.1 Å². The largest absolute Gasteiger partial charge is 0.494 e. The second-order valence-electron chi connectivity index (χ2n) is 8.24. The van der Waals surface area contributed by atoms with Crippen molar-refractivity contribution in [3.05, 3.63) is 29.8 Å². The zero-order chi connectivity index (χ0) is 20.9. The van der Waals surface area contributed by atoms with Gasteiger partial charge < -0.3 is 19.9 Å². The van der Waals surface area contributed by atoms with Crippen molar-refractivity contribution < 1.29 is 19.0 Å². The molecule has 1 heterocycles. The molecule has 6 heteroatoms. The third kappa shape index (κ3) is 10.1. The second kappa shape index (κ2) is 13.6. The van der Waals surface area contributed by atoms with E-state index in [2.05, 4.69) is 30.9 Å². The first-order chi connectivity index (χ1) is 14.1. The van der Waals surface area contributed by atoms with Crippen LogP contribution in [-0.4, -0.2) is 56.9 Å². The number of nitrogens with zero attached hydrogens (tertiary/aromatic N) is 1. The van der Waals surface area contributed by atoms with Gasteiger partial charge in [0.25, 0.3) is 0 Å². The first kappa shape index (κ1) is 23.6. The van der Waals surface area contributed by atoms with E-state index in [-0.39, 0.29) is 11.9 Å². The van der Waals surface area contributed by atoms with Crippen molar-refractivity contribution in [2.75, 3.05) is 46.1 Å². The molecule has 6 nitrogen and oxygen atoms in total. The van der Waals surface area contributed by atoms with Crippen LogP contribution in [0.25, 0.3) is 0 Å². The van der Waals surface area contributed by atoms with Crippen molar-refractivity contribution in [3.8, 4) is 5.75 Å². The monoisotopic (exact) mass is 406 g/mol. The first-order valence-electron chi connectivity index (χ1n) is 10.9. The van der Waals surface area contributed by atoms with Gasteiger partial charge in [-0.1, -0.05) is 26.0 Å². The number of carbonyl (C=O) groups excluding carboxylic acids is 1. The number of nitrogens with two attached hydrogens (primary N) is 1. The van der Waals surface area contributed by atoms with Gasteiger partial charge in [-0.15, -0.1) is 0 Å². The number of esters is 1. The molecule has 1 atom stereocenters. The van der Waals surface area contributed by atoms with Gasteiger partial charge in [0, 0.05) is 26.1 Å². The van der Waals surface area contributed by atoms with Crippen LogP contribution in [0.5, 0.6) is 5.75 Å². The van der Waals surface area contributed by atoms with Gasteiger partial charge in [-0.2, -0.15) is 0 Å². The smallest absolute Gasteiger partial charge is 0.306 e. The Morgan fingerprint density at radius 1 is 1.14 bits per heavy atom. The molecule has 164 valence electrons. The number of benzene rings is 1. The maximum Gasteiger partial charge on any atom is 0.306 e. The molecule has 0 bridgehead atoms. The van der Waals surface area contributed by atoms with Crippen LogP contribution in [0, 0.1) is 11.8 Å². The minimum absolute atomic E-state index is 0.141. The van der Waals surface area contributed by atoms with Crippen molar-refractivity contribution in [1.82, 2.24) is 4.90 Å². The Morgan fingerprint density at radius 2 is 1.83 bits per heavy atom. The molecule has 1 aliphatic rings. The SMILES string of the molecule is CC(C)CC(CN)CC(=O)OCCCCOc1ccc(CN2CCOCC2)cc1. The number of hydrogen-bond donors (Lipinski definition) is 1. The first-order valence-corrected chi connectivity index (χ1v) is 10.9. The summed E-state index contributed by atoms with van der Waals surface area (Å²) in [6.07, 6.45) is 3.04. The van der Waals surface area contributed by atoms with E-state index in [9.17, 15) is 4.79 Å². The summed E-state index contributed by atoms with van der Waals surface area (Å²) in [6.45, 7) is 10.5. The Labute approximate surface area is 175 Å². The molecular weight excluding hydrogens is 368 g/mol. The standard InChI is InChI=1S/C23H38N2O4/c1-19(2)15-21(17-24)16-23(26)29-12-4-3-11-28-22-7-5-20(6-8-22)18-25-9-13-27-14-10-25/h5-8,19,21H,3-4,9-18,24H2,1-2H3. The molecule has 0 aliphatic carbocycles. The molecule has 1 fully saturated rings. The van der Waals surface area contributed by atoms with Crippen LogP contribution >= 0.6 is 0 Å². The normalized spacial score (nSPS) is 16.0. The third-order valence-electron chi connectivity index (χ3n) is 5.10. The molecule has 0 radical (unpaired) electrons. The fourth-order valence-corrected chi connectivity index (χ4v) is 3.51. The summed E-state index contributed by atoms with van der Waals surface area (Å²) in [5, 5.41) is 0. The summed E-state index contributed by atoms with van der Waals surface area (Å²) in [7, 11) is 0. The minimum atomic E-state index is -0.141. The van der Waals surface area contributed by atoms with Gasteiger partial charge in [0.1, 0.15) is 5.75 Å². The summed E-state index contributed by atoms with van der Waals surface area (Å²) in [6, 6.07) is 8.30. The second-order valence-corrected chi connectivity index (χ2v) is 8.24. The van der Waals surface area contributed by atoms with Crippen LogP contribution in [0.15, 0.2) is 24.3 Å². The molecule has 2 rings (SSSR count). The van der Waals surface area contributed by atoms with E-state index >= 15 is 0 Å². The number of unbranched alkanes of at least 4 members (excludes halogenated alkanes) is 1. The van der Waals surface area contributed by atoms with Gasteiger partial charge in [0.05, 0.1) is 26.4 Å². The summed E-state index contributed by atoms with van der Waals surface area (Å²) in [5.41, 5.74) is 7.03. The lowest BCUT2D eigenvalue weighted by Crippen LogP contribution is -2.35. The van der Waals surface area contributed by atoms with Gasteiger partial charge in [0.2, 0.25) is 0 Å². The van der Waals surface area contributed by atoms with Gasteiger partial charge in [0.15, 0.2) is 0 Å². The molecular formula is C23H38N2O4. The van der Waals surface area contributed by atoms with Crippen LogP contribution in [0.3, 0.4) is 0 Å². The molecule has 1 aliphatic heterocycles. The number of rotatable bonds is 13. The molecule has 1 saturated heterocycles. The average Bonchev–Trinajstić information content (AvgIpc) is 2.71. The number of ether oxygens (including phenoxy) is 3. The van der Waals surface area contributed by atoms with E-state index < -0.39 is 0 Å². The summed E-state index contributed by atoms with van der Waals surface area (Å²) in [4.78, 5) is 14.3. The lowest BCUT2D eigenvalue weighted by atomic mass is 9.94. The predicted molar refractivity (Wildman–Crippen MR) is 115 cm³/mol. The highest BCUT2D eigenvalue weighted by Gasteiger charge is 2.15. The highest BCUT2D eigenvalue weighted by atomic mass is 16.5. The van der Waals surface area contributed by atoms with Crippen LogP contribution in [0.2, 0.25) is 0 Å². The predicted octanol–water partition coefficient (Wildman–Crippen LogP) is 3.23. The van der Waals surface area contributed by atoms with Gasteiger partial charge in [-0.05, 0) is 55.3 Å². The molecule has 29 heavy (non-hydrogen) atoms. The molecule has 0 amide bonds. The van der Waals surface area contributed by atoms with E-state index in [0.29, 0.717) is 32.1 Å². The maximum absolute atomic E-state index is 11.9. The minimum Gasteiger partial charge on any atom is -0.494 e. The van der Waals surface area contributed by atoms with E-state index in [1.165, 1.54) is 5.56 Å². The summed E-state index contributed by atoms with van der Waals surface area (Å²) in [5.74, 6) is 1.50. The van der Waals surface area contributed by atoms with E-state index in [1.807, 2.05) is 12.1 Å². The quantitative estimate of drug-likeness (QED) is 0.400. The Morgan fingerprint density at radius 3 is 2.48 bits per heavy atom. The Hall–Kier alpha value is -1.63. The number of hydrogen-bond acceptors (Lipinski definition) is 6. The average molecular weight is 407 g/mol. The molecule has 0 saturated carbocycles. The van der Waals surface area contributed by atoms with E-state index in [4.69, 9.17) is 19.9 Å². The molecule has 0 spiro atoms. The van der Waals surface area contributed by atoms with Crippen molar-refractivity contribution >= 4 is 5.97 Å². The van der Waals surface area contributed by atoms with Gasteiger partial charge in [-0.25, -0.2) is 0 Å². The summed E-state index contributed by atoms with van der Waals surface area (Å²) < 4.78 is 16.5. The van der Waals surface area contributed by atoms with Crippen molar-refractivity contribution in [3.63, 3.8) is 0 Å².